The van der Waals surface area contributed by atoms with Gasteiger partial charge in [0.2, 0.25) is 17.6 Å². The molecule has 0 saturated heterocycles. The summed E-state index contributed by atoms with van der Waals surface area (Å²) in [7, 11) is 0. The molecule has 8 heteroatoms. The number of amides is 1. The van der Waals surface area contributed by atoms with Gasteiger partial charge in [0, 0.05) is 29.8 Å². The number of hydrogen-bond donors (Lipinski definition) is 1. The highest BCUT2D eigenvalue weighted by Gasteiger charge is 2.10. The van der Waals surface area contributed by atoms with Crippen LogP contribution in [0, 0.1) is 5.82 Å². The zero-order valence-electron chi connectivity index (χ0n) is 17.6. The maximum absolute atomic E-state index is 13.0. The van der Waals surface area contributed by atoms with Gasteiger partial charge < -0.3 is 9.84 Å². The summed E-state index contributed by atoms with van der Waals surface area (Å²) in [5, 5.41) is 6.82. The van der Waals surface area contributed by atoms with Crippen LogP contribution >= 0.6 is 0 Å². The number of aryl methyl sites for hydroxylation is 1. The second-order valence-electron chi connectivity index (χ2n) is 7.57. The van der Waals surface area contributed by atoms with Crippen molar-refractivity contribution >= 4 is 22.6 Å². The number of aromatic nitrogens is 4. The summed E-state index contributed by atoms with van der Waals surface area (Å²) in [6.45, 7) is 0. The van der Waals surface area contributed by atoms with Gasteiger partial charge in [0.05, 0.1) is 11.0 Å². The highest BCUT2D eigenvalue weighted by atomic mass is 19.1. The smallest absolute Gasteiger partial charge is 0.226 e. The highest BCUT2D eigenvalue weighted by molar-refractivity contribution is 5.90. The molecule has 1 amide bonds. The number of halogens is 1. The molecule has 0 bridgehead atoms. The Morgan fingerprint density at radius 1 is 1.00 bits per heavy atom. The van der Waals surface area contributed by atoms with Crippen molar-refractivity contribution in [2.75, 3.05) is 5.32 Å². The lowest BCUT2D eigenvalue weighted by Crippen LogP contribution is -2.11. The summed E-state index contributed by atoms with van der Waals surface area (Å²) in [4.78, 5) is 21.0. The molecular formula is C25H20FN5O2. The van der Waals surface area contributed by atoms with Crippen LogP contribution in [0.1, 0.15) is 18.7 Å². The lowest BCUT2D eigenvalue weighted by molar-refractivity contribution is -0.116. The maximum atomic E-state index is 13.0. The van der Waals surface area contributed by atoms with E-state index >= 15 is 0 Å². The molecule has 5 aromatic rings. The van der Waals surface area contributed by atoms with Crippen molar-refractivity contribution in [3.63, 3.8) is 0 Å². The fourth-order valence-corrected chi connectivity index (χ4v) is 3.57. The fourth-order valence-electron chi connectivity index (χ4n) is 3.57. The Morgan fingerprint density at radius 3 is 2.61 bits per heavy atom. The predicted octanol–water partition coefficient (Wildman–Crippen LogP) is 5.18. The highest BCUT2D eigenvalue weighted by Crippen LogP contribution is 2.20. The van der Waals surface area contributed by atoms with Gasteiger partial charge in [0.25, 0.3) is 0 Å². The molecule has 3 aromatic carbocycles. The molecule has 0 aliphatic heterocycles. The SMILES string of the molecule is O=C(CCCc1nc(-c2ccc(F)cc2)no1)Nc1ccc(-n2cnc3ccccc32)cc1. The van der Waals surface area contributed by atoms with Crippen LogP contribution in [0.15, 0.2) is 83.6 Å². The summed E-state index contributed by atoms with van der Waals surface area (Å²) in [6.07, 6.45) is 3.16. The minimum absolute atomic E-state index is 0.0888. The number of hydrogen-bond acceptors (Lipinski definition) is 5. The van der Waals surface area contributed by atoms with E-state index in [-0.39, 0.29) is 11.7 Å². The fraction of sp³-hybridized carbons (Fsp3) is 0.120. The zero-order valence-corrected chi connectivity index (χ0v) is 17.6. The molecule has 164 valence electrons. The van der Waals surface area contributed by atoms with Crippen molar-refractivity contribution in [1.82, 2.24) is 19.7 Å². The number of para-hydroxylation sites is 2. The molecule has 5 rings (SSSR count). The molecule has 0 aliphatic rings. The number of carbonyl (C=O) groups is 1. The van der Waals surface area contributed by atoms with Crippen LogP contribution in [-0.4, -0.2) is 25.6 Å². The van der Waals surface area contributed by atoms with Crippen molar-refractivity contribution in [1.29, 1.82) is 0 Å². The Morgan fingerprint density at radius 2 is 1.79 bits per heavy atom. The molecule has 2 aromatic heterocycles. The van der Waals surface area contributed by atoms with Crippen LogP contribution in [0.4, 0.5) is 10.1 Å². The van der Waals surface area contributed by atoms with Crippen LogP contribution in [0.25, 0.3) is 28.1 Å². The number of nitrogens with one attached hydrogen (secondary N) is 1. The quantitative estimate of drug-likeness (QED) is 0.376. The average molecular weight is 441 g/mol. The molecule has 1 N–H and O–H groups in total. The molecule has 0 fully saturated rings. The van der Waals surface area contributed by atoms with E-state index in [1.807, 2.05) is 53.1 Å². The Labute approximate surface area is 188 Å². The standard InChI is InChI=1S/C25H20FN5O2/c26-18-10-8-17(9-11-18)25-29-24(33-30-25)7-3-6-23(32)28-19-12-14-20(15-13-19)31-16-27-21-4-1-2-5-22(21)31/h1-2,4-5,8-16H,3,6-7H2,(H,28,32). The molecule has 0 spiro atoms. The second kappa shape index (κ2) is 9.04. The summed E-state index contributed by atoms with van der Waals surface area (Å²) < 4.78 is 20.3. The van der Waals surface area contributed by atoms with Gasteiger partial charge in [-0.2, -0.15) is 4.98 Å². The van der Waals surface area contributed by atoms with Crippen LogP contribution in [-0.2, 0) is 11.2 Å². The van der Waals surface area contributed by atoms with Crippen molar-refractivity contribution in [2.45, 2.75) is 19.3 Å². The number of nitrogens with zero attached hydrogens (tertiary/aromatic N) is 4. The zero-order chi connectivity index (χ0) is 22.6. The topological polar surface area (TPSA) is 85.8 Å². The first kappa shape index (κ1) is 20.6. The first-order valence-electron chi connectivity index (χ1n) is 10.6. The molecular weight excluding hydrogens is 421 g/mol. The monoisotopic (exact) mass is 441 g/mol. The van der Waals surface area contributed by atoms with E-state index in [1.165, 1.54) is 12.1 Å². The van der Waals surface area contributed by atoms with E-state index in [4.69, 9.17) is 4.52 Å². The van der Waals surface area contributed by atoms with Gasteiger partial charge in [-0.15, -0.1) is 0 Å². The largest absolute Gasteiger partial charge is 0.339 e. The van der Waals surface area contributed by atoms with Crippen LogP contribution < -0.4 is 5.32 Å². The number of anilines is 1. The third-order valence-electron chi connectivity index (χ3n) is 5.25. The molecule has 0 aliphatic carbocycles. The molecule has 33 heavy (non-hydrogen) atoms. The van der Waals surface area contributed by atoms with Gasteiger partial charge in [-0.3, -0.25) is 9.36 Å². The lowest BCUT2D eigenvalue weighted by Gasteiger charge is -2.08. The summed E-state index contributed by atoms with van der Waals surface area (Å²) in [6, 6.07) is 21.4. The normalized spacial score (nSPS) is 11.1. The number of imidazole rings is 1. The number of fused-ring (bicyclic) bond motifs is 1. The van der Waals surface area contributed by atoms with Gasteiger partial charge in [0.1, 0.15) is 12.1 Å². The Balaban J connectivity index is 1.14. The third kappa shape index (κ3) is 4.64. The van der Waals surface area contributed by atoms with E-state index < -0.39 is 0 Å². The summed E-state index contributed by atoms with van der Waals surface area (Å²) >= 11 is 0. The molecule has 0 atom stereocenters. The average Bonchev–Trinajstić information content (AvgIpc) is 3.48. The number of benzene rings is 3. The van der Waals surface area contributed by atoms with Crippen molar-refractivity contribution in [2.24, 2.45) is 0 Å². The van der Waals surface area contributed by atoms with Gasteiger partial charge in [-0.05, 0) is 67.1 Å². The Bertz CT molecular complexity index is 1390. The van der Waals surface area contributed by atoms with Crippen molar-refractivity contribution in [3.8, 4) is 17.1 Å². The first-order valence-corrected chi connectivity index (χ1v) is 10.6. The Hall–Kier alpha value is -4.33. The molecule has 0 saturated carbocycles. The van der Waals surface area contributed by atoms with E-state index in [9.17, 15) is 9.18 Å². The third-order valence-corrected chi connectivity index (χ3v) is 5.25. The summed E-state index contributed by atoms with van der Waals surface area (Å²) in [5.74, 6) is 0.437. The van der Waals surface area contributed by atoms with Gasteiger partial charge >= 0.3 is 0 Å². The minimum atomic E-state index is -0.321. The van der Waals surface area contributed by atoms with E-state index in [1.54, 1.807) is 18.5 Å². The van der Waals surface area contributed by atoms with Crippen LogP contribution in [0.2, 0.25) is 0 Å². The minimum Gasteiger partial charge on any atom is -0.339 e. The Kier molecular flexibility index (Phi) is 5.63. The van der Waals surface area contributed by atoms with Gasteiger partial charge in [0.15, 0.2) is 0 Å². The van der Waals surface area contributed by atoms with Crippen molar-refractivity contribution < 1.29 is 13.7 Å². The maximum Gasteiger partial charge on any atom is 0.226 e. The van der Waals surface area contributed by atoms with Crippen LogP contribution in [0.3, 0.4) is 0 Å². The summed E-state index contributed by atoms with van der Waals surface area (Å²) in [5.41, 5.74) is 4.33. The molecule has 7 nitrogen and oxygen atoms in total. The number of rotatable bonds is 7. The van der Waals surface area contributed by atoms with Crippen molar-refractivity contribution in [3.05, 3.63) is 90.8 Å². The van der Waals surface area contributed by atoms with E-state index in [0.29, 0.717) is 36.5 Å². The molecule has 2 heterocycles. The first-order chi connectivity index (χ1) is 16.2. The van der Waals surface area contributed by atoms with Gasteiger partial charge in [-0.25, -0.2) is 9.37 Å². The predicted molar refractivity (Wildman–Crippen MR) is 122 cm³/mol. The molecule has 0 radical (unpaired) electrons. The van der Waals surface area contributed by atoms with Crippen LogP contribution in [0.5, 0.6) is 0 Å². The lowest BCUT2D eigenvalue weighted by atomic mass is 10.2. The molecule has 0 unspecified atom stereocenters. The van der Waals surface area contributed by atoms with Gasteiger partial charge in [-0.1, -0.05) is 17.3 Å². The van der Waals surface area contributed by atoms with E-state index in [0.717, 1.165) is 22.4 Å². The number of carbonyl (C=O) groups excluding carboxylic acids is 1. The second-order valence-corrected chi connectivity index (χ2v) is 7.57. The van der Waals surface area contributed by atoms with E-state index in [2.05, 4.69) is 20.4 Å².